The highest BCUT2D eigenvalue weighted by atomic mass is 16.3. The van der Waals surface area contributed by atoms with Crippen molar-refractivity contribution in [2.45, 2.75) is 0 Å². The number of aromatic hydroxyl groups is 1. The highest BCUT2D eigenvalue weighted by Crippen LogP contribution is 2.32. The molecule has 0 aliphatic heterocycles. The summed E-state index contributed by atoms with van der Waals surface area (Å²) in [5.41, 5.74) is 11.6. The lowest BCUT2D eigenvalue weighted by Gasteiger charge is -2.16. The number of hydrogen-bond acceptors (Lipinski definition) is 2. The van der Waals surface area contributed by atoms with Gasteiger partial charge < -0.3 is 10.8 Å². The summed E-state index contributed by atoms with van der Waals surface area (Å²) in [5.74, 6) is 0.259. The lowest BCUT2D eigenvalue weighted by Crippen LogP contribution is -2.06. The summed E-state index contributed by atoms with van der Waals surface area (Å²) < 4.78 is 0. The van der Waals surface area contributed by atoms with Crippen LogP contribution in [-0.4, -0.2) is 11.7 Å². The molecule has 114 valence electrons. The molecule has 2 heteroatoms. The van der Waals surface area contributed by atoms with Crippen molar-refractivity contribution in [2.24, 2.45) is 5.73 Å². The van der Waals surface area contributed by atoms with Gasteiger partial charge in [-0.05, 0) is 40.0 Å². The van der Waals surface area contributed by atoms with Crippen molar-refractivity contribution < 1.29 is 5.11 Å². The van der Waals surface area contributed by atoms with Gasteiger partial charge in [-0.3, -0.25) is 0 Å². The minimum atomic E-state index is 0.259. The molecule has 3 N–H and O–H groups in total. The summed E-state index contributed by atoms with van der Waals surface area (Å²) >= 11 is 0. The van der Waals surface area contributed by atoms with E-state index in [4.69, 9.17) is 5.73 Å². The Bertz CT molecular complexity index is 790. The Morgan fingerprint density at radius 3 is 1.65 bits per heavy atom. The van der Waals surface area contributed by atoms with Crippen LogP contribution in [0.1, 0.15) is 16.7 Å². The van der Waals surface area contributed by atoms with Crippen LogP contribution in [0.25, 0.3) is 11.1 Å². The first-order valence-corrected chi connectivity index (χ1v) is 7.63. The maximum atomic E-state index is 9.58. The normalized spacial score (nSPS) is 11.9. The Morgan fingerprint density at radius 1 is 0.652 bits per heavy atom. The van der Waals surface area contributed by atoms with E-state index in [1.165, 1.54) is 0 Å². The van der Waals surface area contributed by atoms with E-state index >= 15 is 0 Å². The average molecular weight is 301 g/mol. The highest BCUT2D eigenvalue weighted by molar-refractivity contribution is 5.99. The molecule has 0 aromatic heterocycles. The van der Waals surface area contributed by atoms with Crippen LogP contribution in [0.15, 0.2) is 84.9 Å². The number of benzene rings is 3. The van der Waals surface area contributed by atoms with Gasteiger partial charge in [0.2, 0.25) is 0 Å². The van der Waals surface area contributed by atoms with Crippen molar-refractivity contribution in [3.05, 3.63) is 102 Å². The standard InChI is InChI=1S/C21H19NO/c22-15-20(16-7-3-1-4-8-16)21(17-9-5-2-6-10-17)18-11-13-19(23)14-12-18/h1-14,23H,15,22H2/b21-20-. The van der Waals surface area contributed by atoms with E-state index in [2.05, 4.69) is 24.3 Å². The van der Waals surface area contributed by atoms with Crippen molar-refractivity contribution in [3.63, 3.8) is 0 Å². The van der Waals surface area contributed by atoms with Gasteiger partial charge in [-0.15, -0.1) is 0 Å². The van der Waals surface area contributed by atoms with Gasteiger partial charge in [0.15, 0.2) is 0 Å². The van der Waals surface area contributed by atoms with Crippen LogP contribution in [0.2, 0.25) is 0 Å². The number of rotatable bonds is 4. The molecule has 0 atom stereocenters. The van der Waals surface area contributed by atoms with Crippen molar-refractivity contribution in [3.8, 4) is 5.75 Å². The van der Waals surface area contributed by atoms with Crippen LogP contribution in [0.5, 0.6) is 5.75 Å². The van der Waals surface area contributed by atoms with Crippen LogP contribution >= 0.6 is 0 Å². The third-order valence-electron chi connectivity index (χ3n) is 3.85. The van der Waals surface area contributed by atoms with Crippen molar-refractivity contribution >= 4 is 11.1 Å². The molecule has 0 heterocycles. The molecular weight excluding hydrogens is 282 g/mol. The zero-order valence-electron chi connectivity index (χ0n) is 12.8. The van der Waals surface area contributed by atoms with E-state index < -0.39 is 0 Å². The minimum Gasteiger partial charge on any atom is -0.508 e. The van der Waals surface area contributed by atoms with E-state index in [9.17, 15) is 5.11 Å². The Kier molecular flexibility index (Phi) is 4.55. The molecular formula is C21H19NO. The van der Waals surface area contributed by atoms with E-state index in [1.54, 1.807) is 12.1 Å². The van der Waals surface area contributed by atoms with Crippen LogP contribution < -0.4 is 5.73 Å². The SMILES string of the molecule is NC/C(=C(\c1ccccc1)c1ccc(O)cc1)c1ccccc1. The quantitative estimate of drug-likeness (QED) is 0.705. The largest absolute Gasteiger partial charge is 0.508 e. The fourth-order valence-corrected chi connectivity index (χ4v) is 2.75. The maximum absolute atomic E-state index is 9.58. The first-order valence-electron chi connectivity index (χ1n) is 7.63. The number of phenolic OH excluding ortho intramolecular Hbond substituents is 1. The summed E-state index contributed by atoms with van der Waals surface area (Å²) in [7, 11) is 0. The molecule has 0 saturated heterocycles. The molecule has 3 aromatic carbocycles. The third kappa shape index (κ3) is 3.33. The van der Waals surface area contributed by atoms with Crippen LogP contribution in [-0.2, 0) is 0 Å². The molecule has 0 spiro atoms. The average Bonchev–Trinajstić information content (AvgIpc) is 2.62. The predicted molar refractivity (Wildman–Crippen MR) is 96.0 cm³/mol. The summed E-state index contributed by atoms with van der Waals surface area (Å²) in [6.45, 7) is 0.440. The van der Waals surface area contributed by atoms with Gasteiger partial charge in [0, 0.05) is 6.54 Å². The zero-order chi connectivity index (χ0) is 16.1. The molecule has 3 aromatic rings. The smallest absolute Gasteiger partial charge is 0.115 e. The van der Waals surface area contributed by atoms with Gasteiger partial charge in [-0.2, -0.15) is 0 Å². The number of phenols is 1. The molecule has 23 heavy (non-hydrogen) atoms. The molecule has 0 saturated carbocycles. The Morgan fingerprint density at radius 2 is 1.13 bits per heavy atom. The zero-order valence-corrected chi connectivity index (χ0v) is 12.8. The van der Waals surface area contributed by atoms with Gasteiger partial charge in [0.1, 0.15) is 5.75 Å². The lowest BCUT2D eigenvalue weighted by atomic mass is 9.89. The molecule has 0 fully saturated rings. The second kappa shape index (κ2) is 6.95. The number of hydrogen-bond donors (Lipinski definition) is 2. The molecule has 0 amide bonds. The molecule has 3 rings (SSSR count). The predicted octanol–water partition coefficient (Wildman–Crippen LogP) is 4.31. The Hall–Kier alpha value is -2.84. The first-order chi connectivity index (χ1) is 11.3. The van der Waals surface area contributed by atoms with Crippen molar-refractivity contribution in [1.29, 1.82) is 0 Å². The van der Waals surface area contributed by atoms with Gasteiger partial charge in [-0.25, -0.2) is 0 Å². The van der Waals surface area contributed by atoms with Crippen LogP contribution in [0.4, 0.5) is 0 Å². The monoisotopic (exact) mass is 301 g/mol. The van der Waals surface area contributed by atoms with E-state index in [0.717, 1.165) is 27.8 Å². The summed E-state index contributed by atoms with van der Waals surface area (Å²) in [4.78, 5) is 0. The third-order valence-corrected chi connectivity index (χ3v) is 3.85. The second-order valence-corrected chi connectivity index (χ2v) is 5.34. The van der Waals surface area contributed by atoms with Crippen LogP contribution in [0.3, 0.4) is 0 Å². The minimum absolute atomic E-state index is 0.259. The fourth-order valence-electron chi connectivity index (χ4n) is 2.75. The van der Waals surface area contributed by atoms with E-state index in [0.29, 0.717) is 6.54 Å². The topological polar surface area (TPSA) is 46.2 Å². The van der Waals surface area contributed by atoms with Crippen molar-refractivity contribution in [2.75, 3.05) is 6.54 Å². The first kappa shape index (κ1) is 15.1. The van der Waals surface area contributed by atoms with E-state index in [1.807, 2.05) is 48.5 Å². The van der Waals surface area contributed by atoms with E-state index in [-0.39, 0.29) is 5.75 Å². The fraction of sp³-hybridized carbons (Fsp3) is 0.0476. The Labute approximate surface area is 136 Å². The summed E-state index contributed by atoms with van der Waals surface area (Å²) in [6.07, 6.45) is 0. The molecule has 0 radical (unpaired) electrons. The molecule has 0 aliphatic rings. The molecule has 0 unspecified atom stereocenters. The van der Waals surface area contributed by atoms with Gasteiger partial charge >= 0.3 is 0 Å². The maximum Gasteiger partial charge on any atom is 0.115 e. The Balaban J connectivity index is 2.26. The number of nitrogens with two attached hydrogens (primary N) is 1. The van der Waals surface area contributed by atoms with Gasteiger partial charge in [-0.1, -0.05) is 72.8 Å². The van der Waals surface area contributed by atoms with Gasteiger partial charge in [0.25, 0.3) is 0 Å². The van der Waals surface area contributed by atoms with Gasteiger partial charge in [0.05, 0.1) is 0 Å². The van der Waals surface area contributed by atoms with Crippen LogP contribution in [0, 0.1) is 0 Å². The molecule has 2 nitrogen and oxygen atoms in total. The highest BCUT2D eigenvalue weighted by Gasteiger charge is 2.12. The summed E-state index contributed by atoms with van der Waals surface area (Å²) in [5, 5.41) is 9.58. The second-order valence-electron chi connectivity index (χ2n) is 5.34. The molecule has 0 bridgehead atoms. The van der Waals surface area contributed by atoms with Crippen molar-refractivity contribution in [1.82, 2.24) is 0 Å². The molecule has 0 aliphatic carbocycles. The summed E-state index contributed by atoms with van der Waals surface area (Å²) in [6, 6.07) is 27.7. The lowest BCUT2D eigenvalue weighted by molar-refractivity contribution is 0.475.